The van der Waals surface area contributed by atoms with Gasteiger partial charge in [0.25, 0.3) is 11.1 Å². The number of methoxy groups -OCH3 is 1. The molecule has 10 heteroatoms. The molecular formula is C24H25ClN4O3S2. The highest BCUT2D eigenvalue weighted by atomic mass is 35.5. The van der Waals surface area contributed by atoms with Crippen LogP contribution < -0.4 is 10.1 Å². The van der Waals surface area contributed by atoms with Gasteiger partial charge in [0.2, 0.25) is 5.91 Å². The second-order valence-electron chi connectivity index (χ2n) is 9.18. The monoisotopic (exact) mass is 516 g/mol. The Morgan fingerprint density at radius 3 is 2.91 bits per heavy atom. The van der Waals surface area contributed by atoms with Crippen LogP contribution in [0, 0.1) is 22.7 Å². The molecule has 3 aromatic rings. The molecule has 2 heterocycles. The molecule has 0 fully saturated rings. The van der Waals surface area contributed by atoms with E-state index < -0.39 is 0 Å². The number of benzene rings is 1. The highest BCUT2D eigenvalue weighted by molar-refractivity contribution is 7.99. The second-order valence-corrected chi connectivity index (χ2v) is 11.6. The number of halogens is 1. The van der Waals surface area contributed by atoms with E-state index in [1.54, 1.807) is 25.3 Å². The standard InChI is InChI=1S/C24H25ClN4O3S2/c1-24(2,3)13-5-7-15-17(11-26)22(34-19(15)9-13)27-20(30)12-33-23-29-28-21(32-23)16-10-14(25)6-8-18(16)31-4/h6,8,10,13H,5,7,9,12H2,1-4H3,(H,27,30)/t13-/m0/s1. The van der Waals surface area contributed by atoms with Gasteiger partial charge in [-0.25, -0.2) is 0 Å². The number of rotatable bonds is 6. The average Bonchev–Trinajstić information content (AvgIpc) is 3.40. The lowest BCUT2D eigenvalue weighted by Crippen LogP contribution is -2.26. The lowest BCUT2D eigenvalue weighted by atomic mass is 9.72. The Bertz CT molecular complexity index is 1260. The minimum absolute atomic E-state index is 0.0758. The van der Waals surface area contributed by atoms with Crippen LogP contribution in [0.3, 0.4) is 0 Å². The SMILES string of the molecule is COc1ccc(Cl)cc1-c1nnc(SCC(=O)Nc2sc3c(c2C#N)CC[C@H](C(C)(C)C)C3)o1. The normalized spacial score (nSPS) is 15.5. The smallest absolute Gasteiger partial charge is 0.277 e. The van der Waals surface area contributed by atoms with Gasteiger partial charge in [-0.05, 0) is 54.4 Å². The minimum Gasteiger partial charge on any atom is -0.496 e. The molecule has 34 heavy (non-hydrogen) atoms. The highest BCUT2D eigenvalue weighted by Gasteiger charge is 2.32. The lowest BCUT2D eigenvalue weighted by molar-refractivity contribution is -0.113. The van der Waals surface area contributed by atoms with Crippen LogP contribution in [0.15, 0.2) is 27.8 Å². The fourth-order valence-corrected chi connectivity index (χ4v) is 6.08. The number of hydrogen-bond donors (Lipinski definition) is 1. The summed E-state index contributed by atoms with van der Waals surface area (Å²) in [4.78, 5) is 13.9. The molecule has 1 aliphatic rings. The Labute approximate surface area is 211 Å². The number of carbonyl (C=O) groups is 1. The number of nitrogens with one attached hydrogen (secondary N) is 1. The van der Waals surface area contributed by atoms with E-state index in [9.17, 15) is 10.1 Å². The third-order valence-corrected chi connectivity index (χ3v) is 8.20. The molecule has 2 aromatic heterocycles. The van der Waals surface area contributed by atoms with Gasteiger partial charge in [-0.3, -0.25) is 4.79 Å². The first-order valence-corrected chi connectivity index (χ1v) is 13.0. The molecule has 0 aliphatic heterocycles. The lowest BCUT2D eigenvalue weighted by Gasteiger charge is -2.33. The maximum Gasteiger partial charge on any atom is 0.277 e. The number of thioether (sulfide) groups is 1. The van der Waals surface area contributed by atoms with Crippen molar-refractivity contribution in [1.29, 1.82) is 5.26 Å². The van der Waals surface area contributed by atoms with E-state index in [0.29, 0.717) is 32.8 Å². The van der Waals surface area contributed by atoms with E-state index in [4.69, 9.17) is 20.8 Å². The van der Waals surface area contributed by atoms with E-state index in [-0.39, 0.29) is 28.2 Å². The first-order valence-electron chi connectivity index (χ1n) is 10.8. The maximum absolute atomic E-state index is 12.7. The Hall–Kier alpha value is -2.54. The van der Waals surface area contributed by atoms with Gasteiger partial charge in [-0.2, -0.15) is 5.26 Å². The predicted molar refractivity (Wildman–Crippen MR) is 135 cm³/mol. The number of aromatic nitrogens is 2. The van der Waals surface area contributed by atoms with Crippen molar-refractivity contribution in [3.05, 3.63) is 39.2 Å². The van der Waals surface area contributed by atoms with Crippen molar-refractivity contribution in [2.45, 2.75) is 45.3 Å². The Balaban J connectivity index is 1.42. The number of anilines is 1. The van der Waals surface area contributed by atoms with Gasteiger partial charge in [0.05, 0.1) is 24.0 Å². The highest BCUT2D eigenvalue weighted by Crippen LogP contribution is 2.44. The number of carbonyl (C=O) groups excluding carboxylic acids is 1. The van der Waals surface area contributed by atoms with Crippen molar-refractivity contribution in [2.75, 3.05) is 18.2 Å². The molecule has 0 bridgehead atoms. The number of thiophene rings is 1. The molecule has 0 radical (unpaired) electrons. The molecule has 1 atom stereocenters. The van der Waals surface area contributed by atoms with Gasteiger partial charge in [0, 0.05) is 9.90 Å². The van der Waals surface area contributed by atoms with E-state index in [2.05, 4.69) is 42.4 Å². The molecule has 7 nitrogen and oxygen atoms in total. The van der Waals surface area contributed by atoms with Crippen molar-refractivity contribution < 1.29 is 13.9 Å². The van der Waals surface area contributed by atoms with Crippen molar-refractivity contribution in [1.82, 2.24) is 10.2 Å². The summed E-state index contributed by atoms with van der Waals surface area (Å²) in [5, 5.41) is 22.1. The maximum atomic E-state index is 12.7. The Morgan fingerprint density at radius 1 is 1.41 bits per heavy atom. The molecule has 4 rings (SSSR count). The number of ether oxygens (including phenoxy) is 1. The molecule has 1 aromatic carbocycles. The van der Waals surface area contributed by atoms with E-state index in [1.165, 1.54) is 16.2 Å². The number of amides is 1. The molecule has 1 aliphatic carbocycles. The van der Waals surface area contributed by atoms with Gasteiger partial charge < -0.3 is 14.5 Å². The molecular weight excluding hydrogens is 492 g/mol. The van der Waals surface area contributed by atoms with Crippen LogP contribution in [0.1, 0.15) is 43.2 Å². The second kappa shape index (κ2) is 9.98. The molecule has 0 saturated carbocycles. The first kappa shape index (κ1) is 24.6. The summed E-state index contributed by atoms with van der Waals surface area (Å²) < 4.78 is 11.0. The molecule has 1 N–H and O–H groups in total. The average molecular weight is 517 g/mol. The summed E-state index contributed by atoms with van der Waals surface area (Å²) in [7, 11) is 1.55. The van der Waals surface area contributed by atoms with Crippen molar-refractivity contribution in [3.8, 4) is 23.3 Å². The van der Waals surface area contributed by atoms with Crippen LogP contribution in [0.25, 0.3) is 11.5 Å². The summed E-state index contributed by atoms with van der Waals surface area (Å²) in [5.74, 6) is 1.23. The van der Waals surface area contributed by atoms with Crippen molar-refractivity contribution in [3.63, 3.8) is 0 Å². The fraction of sp³-hybridized carbons (Fsp3) is 0.417. The van der Waals surface area contributed by atoms with Crippen LogP contribution in [0.4, 0.5) is 5.00 Å². The van der Waals surface area contributed by atoms with Crippen LogP contribution in [0.2, 0.25) is 5.02 Å². The van der Waals surface area contributed by atoms with Gasteiger partial charge >= 0.3 is 0 Å². The van der Waals surface area contributed by atoms with Gasteiger partial charge in [-0.15, -0.1) is 21.5 Å². The van der Waals surface area contributed by atoms with E-state index in [1.807, 2.05) is 0 Å². The third-order valence-electron chi connectivity index (χ3n) is 5.98. The van der Waals surface area contributed by atoms with Gasteiger partial charge in [-0.1, -0.05) is 44.1 Å². The molecule has 0 unspecified atom stereocenters. The summed E-state index contributed by atoms with van der Waals surface area (Å²) in [6.07, 6.45) is 2.88. The zero-order valence-corrected chi connectivity index (χ0v) is 21.8. The topological polar surface area (TPSA) is 101 Å². The first-order chi connectivity index (χ1) is 16.2. The summed E-state index contributed by atoms with van der Waals surface area (Å²) >= 11 is 8.73. The Morgan fingerprint density at radius 2 is 2.21 bits per heavy atom. The number of nitrogens with zero attached hydrogens (tertiary/aromatic N) is 3. The number of hydrogen-bond acceptors (Lipinski definition) is 8. The van der Waals surface area contributed by atoms with Gasteiger partial charge in [0.15, 0.2) is 0 Å². The predicted octanol–water partition coefficient (Wildman–Crippen LogP) is 6.21. The quantitative estimate of drug-likeness (QED) is 0.388. The van der Waals surface area contributed by atoms with Crippen LogP contribution in [-0.2, 0) is 17.6 Å². The van der Waals surface area contributed by atoms with Crippen LogP contribution in [0.5, 0.6) is 5.75 Å². The molecule has 0 spiro atoms. The van der Waals surface area contributed by atoms with E-state index in [0.717, 1.165) is 36.6 Å². The zero-order chi connectivity index (χ0) is 24.5. The van der Waals surface area contributed by atoms with E-state index >= 15 is 0 Å². The fourth-order valence-electron chi connectivity index (χ4n) is 4.05. The third kappa shape index (κ3) is 5.24. The van der Waals surface area contributed by atoms with Crippen LogP contribution >= 0.6 is 34.7 Å². The summed E-state index contributed by atoms with van der Waals surface area (Å²) in [5.41, 5.74) is 2.48. The zero-order valence-electron chi connectivity index (χ0n) is 19.4. The summed E-state index contributed by atoms with van der Waals surface area (Å²) in [6, 6.07) is 7.41. The van der Waals surface area contributed by atoms with Crippen molar-refractivity contribution in [2.24, 2.45) is 11.3 Å². The van der Waals surface area contributed by atoms with Crippen molar-refractivity contribution >= 4 is 45.6 Å². The number of nitriles is 1. The molecule has 1 amide bonds. The molecule has 0 saturated heterocycles. The largest absolute Gasteiger partial charge is 0.496 e. The minimum atomic E-state index is -0.229. The van der Waals surface area contributed by atoms with Gasteiger partial charge in [0.1, 0.15) is 16.8 Å². The molecule has 178 valence electrons. The van der Waals surface area contributed by atoms with Crippen LogP contribution in [-0.4, -0.2) is 29.0 Å². The Kier molecular flexibility index (Phi) is 7.22. The summed E-state index contributed by atoms with van der Waals surface area (Å²) in [6.45, 7) is 6.77. The number of fused-ring (bicyclic) bond motifs is 1.